The summed E-state index contributed by atoms with van der Waals surface area (Å²) in [5.41, 5.74) is 0. The Labute approximate surface area is 243 Å². The predicted octanol–water partition coefficient (Wildman–Crippen LogP) is 9.11. The van der Waals surface area contributed by atoms with E-state index in [1.807, 2.05) is 0 Å². The third-order valence-corrected chi connectivity index (χ3v) is 6.28. The Bertz CT molecular complexity index is 248. The minimum atomic E-state index is 0. The van der Waals surface area contributed by atoms with Crippen molar-refractivity contribution < 1.29 is 4.74 Å². The fourth-order valence-corrected chi connectivity index (χ4v) is 4.19. The van der Waals surface area contributed by atoms with E-state index in [0.717, 1.165) is 13.2 Å². The predicted molar refractivity (Wildman–Crippen MR) is 147 cm³/mol. The molecule has 0 aromatic rings. The summed E-state index contributed by atoms with van der Waals surface area (Å²) in [5.74, 6) is 0. The van der Waals surface area contributed by atoms with Gasteiger partial charge in [0.15, 0.2) is 0 Å². The van der Waals surface area contributed by atoms with E-state index in [4.69, 9.17) is 4.74 Å². The van der Waals surface area contributed by atoms with Gasteiger partial charge in [-0.2, -0.15) is 0 Å². The van der Waals surface area contributed by atoms with Crippen molar-refractivity contribution in [2.45, 2.75) is 168 Å². The topological polar surface area (TPSA) is 9.23 Å². The molecular weight excluding hydrogens is 398 g/mol. The van der Waals surface area contributed by atoms with Crippen LogP contribution in [0.1, 0.15) is 168 Å². The number of rotatable bonds is 26. The summed E-state index contributed by atoms with van der Waals surface area (Å²) in [6.45, 7) is 6.58. The van der Waals surface area contributed by atoms with E-state index in [1.165, 1.54) is 154 Å². The molecule has 0 N–H and O–H groups in total. The van der Waals surface area contributed by atoms with Gasteiger partial charge in [0.25, 0.3) is 0 Å². The van der Waals surface area contributed by atoms with Gasteiger partial charge < -0.3 is 4.74 Å². The molecule has 0 aromatic heterocycles. The maximum atomic E-state index is 5.82. The van der Waals surface area contributed by atoms with Gasteiger partial charge in [0.05, 0.1) is 0 Å². The number of hydrogen-bond donors (Lipinski definition) is 0. The average Bonchev–Trinajstić information content (AvgIpc) is 2.74. The van der Waals surface area contributed by atoms with Gasteiger partial charge in [-0.15, -0.1) is 0 Å². The molecule has 0 aliphatic rings. The van der Waals surface area contributed by atoms with Gasteiger partial charge in [0.2, 0.25) is 0 Å². The van der Waals surface area contributed by atoms with Gasteiger partial charge in [-0.3, -0.25) is 0 Å². The van der Waals surface area contributed by atoms with Gasteiger partial charge in [-0.1, -0.05) is 155 Å². The fourth-order valence-electron chi connectivity index (χ4n) is 4.19. The molecule has 0 saturated heterocycles. The Morgan fingerprint density at radius 2 is 0.484 bits per heavy atom. The SMILES string of the molecule is CCCCCCCCCCCCCCOCCCCCCCCCCCCCC.[NaH].[NaH]. The van der Waals surface area contributed by atoms with Crippen molar-refractivity contribution in [3.05, 3.63) is 0 Å². The Balaban J connectivity index is -0.00000392. The third-order valence-electron chi connectivity index (χ3n) is 6.28. The Hall–Kier alpha value is 1.96. The average molecular weight is 459 g/mol. The van der Waals surface area contributed by atoms with Crippen LogP contribution in [0.2, 0.25) is 0 Å². The monoisotopic (exact) mass is 458 g/mol. The zero-order valence-corrected chi connectivity index (χ0v) is 20.8. The summed E-state index contributed by atoms with van der Waals surface area (Å²) in [5, 5.41) is 0. The second-order valence-electron chi connectivity index (χ2n) is 9.39. The maximum absolute atomic E-state index is 5.82. The normalized spacial score (nSPS) is 10.6. The molecule has 0 amide bonds. The van der Waals surface area contributed by atoms with Crippen molar-refractivity contribution in [2.24, 2.45) is 0 Å². The first-order valence-electron chi connectivity index (χ1n) is 14.0. The van der Waals surface area contributed by atoms with E-state index >= 15 is 0 Å². The van der Waals surface area contributed by atoms with Gasteiger partial charge >= 0.3 is 59.1 Å². The van der Waals surface area contributed by atoms with E-state index in [0.29, 0.717) is 0 Å². The molecule has 0 spiro atoms. The zero-order chi connectivity index (χ0) is 21.1. The van der Waals surface area contributed by atoms with Crippen LogP contribution in [0.25, 0.3) is 0 Å². The van der Waals surface area contributed by atoms with Crippen molar-refractivity contribution in [3.63, 3.8) is 0 Å². The van der Waals surface area contributed by atoms with E-state index in [2.05, 4.69) is 13.8 Å². The zero-order valence-electron chi connectivity index (χ0n) is 20.8. The van der Waals surface area contributed by atoms with Crippen LogP contribution in [0.3, 0.4) is 0 Å². The van der Waals surface area contributed by atoms with Crippen LogP contribution < -0.4 is 0 Å². The van der Waals surface area contributed by atoms with Crippen LogP contribution in [-0.2, 0) is 4.74 Å². The first-order chi connectivity index (χ1) is 14.4. The quantitative estimate of drug-likeness (QED) is 0.0927. The number of unbranched alkanes of at least 4 members (excludes halogenated alkanes) is 22. The van der Waals surface area contributed by atoms with E-state index in [1.54, 1.807) is 0 Å². The van der Waals surface area contributed by atoms with Crippen LogP contribution in [-0.4, -0.2) is 72.3 Å². The molecule has 0 rings (SSSR count). The standard InChI is InChI=1S/C28H58O.2Na.2H/c1-3-5-7-9-11-13-15-17-19-21-23-25-27-29-28-26-24-22-20-18-16-14-12-10-8-6-4-2;;;;/h3-28H2,1-2H3;;;;. The second-order valence-corrected chi connectivity index (χ2v) is 9.39. The first kappa shape index (κ1) is 37.5. The number of ether oxygens (including phenoxy) is 1. The van der Waals surface area contributed by atoms with E-state index in [-0.39, 0.29) is 59.1 Å². The van der Waals surface area contributed by atoms with Crippen LogP contribution in [0, 0.1) is 0 Å². The molecule has 1 nitrogen and oxygen atoms in total. The Morgan fingerprint density at radius 3 is 0.710 bits per heavy atom. The summed E-state index contributed by atoms with van der Waals surface area (Å²) in [6.07, 6.45) is 34.1. The molecule has 0 aliphatic heterocycles. The minimum absolute atomic E-state index is 0. The van der Waals surface area contributed by atoms with Crippen molar-refractivity contribution in [3.8, 4) is 0 Å². The van der Waals surface area contributed by atoms with Crippen molar-refractivity contribution >= 4 is 59.1 Å². The number of hydrogen-bond acceptors (Lipinski definition) is 1. The summed E-state index contributed by atoms with van der Waals surface area (Å²) in [7, 11) is 0. The molecular formula is C28H60Na2O. The second kappa shape index (κ2) is 36.5. The molecule has 31 heavy (non-hydrogen) atoms. The van der Waals surface area contributed by atoms with Gasteiger partial charge in [0, 0.05) is 13.2 Å². The fraction of sp³-hybridized carbons (Fsp3) is 1.00. The molecule has 180 valence electrons. The van der Waals surface area contributed by atoms with E-state index < -0.39 is 0 Å². The molecule has 0 aromatic carbocycles. The molecule has 0 bridgehead atoms. The van der Waals surface area contributed by atoms with Crippen molar-refractivity contribution in [1.82, 2.24) is 0 Å². The van der Waals surface area contributed by atoms with Crippen LogP contribution in [0.15, 0.2) is 0 Å². The molecule has 0 unspecified atom stereocenters. The molecule has 0 saturated carbocycles. The molecule has 0 fully saturated rings. The summed E-state index contributed by atoms with van der Waals surface area (Å²) in [6, 6.07) is 0. The molecule has 3 heteroatoms. The third kappa shape index (κ3) is 36.7. The van der Waals surface area contributed by atoms with Crippen molar-refractivity contribution in [2.75, 3.05) is 13.2 Å². The van der Waals surface area contributed by atoms with Gasteiger partial charge in [0.1, 0.15) is 0 Å². The van der Waals surface area contributed by atoms with Crippen LogP contribution in [0.5, 0.6) is 0 Å². The molecule has 0 heterocycles. The van der Waals surface area contributed by atoms with Gasteiger partial charge in [-0.25, -0.2) is 0 Å². The summed E-state index contributed by atoms with van der Waals surface area (Å²) >= 11 is 0. The van der Waals surface area contributed by atoms with Crippen LogP contribution in [0.4, 0.5) is 0 Å². The Kier molecular flexibility index (Phi) is 44.2. The Morgan fingerprint density at radius 1 is 0.290 bits per heavy atom. The molecule has 0 aliphatic carbocycles. The summed E-state index contributed by atoms with van der Waals surface area (Å²) < 4.78 is 5.82. The van der Waals surface area contributed by atoms with Crippen LogP contribution >= 0.6 is 0 Å². The summed E-state index contributed by atoms with van der Waals surface area (Å²) in [4.78, 5) is 0. The molecule has 0 atom stereocenters. The molecule has 0 radical (unpaired) electrons. The van der Waals surface area contributed by atoms with Gasteiger partial charge in [-0.05, 0) is 12.8 Å². The van der Waals surface area contributed by atoms with Crippen molar-refractivity contribution in [1.29, 1.82) is 0 Å². The first-order valence-corrected chi connectivity index (χ1v) is 14.0. The van der Waals surface area contributed by atoms with E-state index in [9.17, 15) is 0 Å².